The zero-order valence-corrected chi connectivity index (χ0v) is 19.8. The summed E-state index contributed by atoms with van der Waals surface area (Å²) in [6.07, 6.45) is 0.642. The van der Waals surface area contributed by atoms with Crippen molar-refractivity contribution in [1.82, 2.24) is 10.2 Å². The van der Waals surface area contributed by atoms with Crippen LogP contribution in [0.4, 0.5) is 5.69 Å². The Morgan fingerprint density at radius 3 is 2.20 bits per heavy atom. The lowest BCUT2D eigenvalue weighted by Gasteiger charge is -2.29. The van der Waals surface area contributed by atoms with Crippen LogP contribution in [0.1, 0.15) is 52.1 Å². The number of imide groups is 1. The van der Waals surface area contributed by atoms with Gasteiger partial charge in [-0.3, -0.25) is 19.3 Å². The highest BCUT2D eigenvalue weighted by atomic mass is 16.5. The first-order valence-corrected chi connectivity index (χ1v) is 12.1. The number of rotatable bonds is 7. The van der Waals surface area contributed by atoms with Crippen LogP contribution >= 0.6 is 0 Å². The zero-order valence-electron chi connectivity index (χ0n) is 19.8. The van der Waals surface area contributed by atoms with E-state index in [0.29, 0.717) is 22.9 Å². The summed E-state index contributed by atoms with van der Waals surface area (Å²) in [5.74, 6) is -0.698. The fraction of sp³-hybridized carbons (Fsp3) is 0.321. The Hall–Kier alpha value is -3.71. The lowest BCUT2D eigenvalue weighted by molar-refractivity contribution is -0.121. The zero-order chi connectivity index (χ0) is 24.4. The summed E-state index contributed by atoms with van der Waals surface area (Å²) < 4.78 is 5.41. The smallest absolute Gasteiger partial charge is 0.261 e. The molecule has 35 heavy (non-hydrogen) atoms. The minimum atomic E-state index is -0.298. The lowest BCUT2D eigenvalue weighted by Crippen LogP contribution is -2.41. The van der Waals surface area contributed by atoms with Gasteiger partial charge in [-0.2, -0.15) is 0 Å². The SMILES string of the molecule is CC(NC(=O)CCCN1C(=O)c2cccc3cccc(c23)C1=O)c1ccc(N2CCOCC2)cc1. The second kappa shape index (κ2) is 9.88. The van der Waals surface area contributed by atoms with Gasteiger partial charge in [-0.1, -0.05) is 36.4 Å². The van der Waals surface area contributed by atoms with E-state index in [4.69, 9.17) is 4.74 Å². The monoisotopic (exact) mass is 471 g/mol. The number of carbonyl (C=O) groups is 3. The molecule has 3 amide bonds. The van der Waals surface area contributed by atoms with Gasteiger partial charge in [0.05, 0.1) is 19.3 Å². The molecule has 0 spiro atoms. The summed E-state index contributed by atoms with van der Waals surface area (Å²) >= 11 is 0. The number of amides is 3. The van der Waals surface area contributed by atoms with E-state index in [0.717, 1.165) is 42.9 Å². The predicted octanol–water partition coefficient (Wildman–Crippen LogP) is 3.93. The fourth-order valence-corrected chi connectivity index (χ4v) is 4.87. The molecule has 180 valence electrons. The van der Waals surface area contributed by atoms with Crippen LogP contribution in [0.2, 0.25) is 0 Å². The molecule has 1 fully saturated rings. The standard InChI is InChI=1S/C28H29N3O4/c1-19(20-10-12-22(13-11-20)30-15-17-35-18-16-30)29-25(32)9-4-14-31-27(33)23-7-2-5-21-6-3-8-24(26(21)23)28(31)34/h2-3,5-8,10-13,19H,4,9,14-18H2,1H3,(H,29,32). The molecule has 3 aromatic carbocycles. The molecule has 1 saturated heterocycles. The maximum atomic E-state index is 13.0. The van der Waals surface area contributed by atoms with Crippen LogP contribution in [0.3, 0.4) is 0 Å². The van der Waals surface area contributed by atoms with E-state index in [2.05, 4.69) is 22.3 Å². The Balaban J connectivity index is 1.15. The summed E-state index contributed by atoms with van der Waals surface area (Å²) in [6.45, 7) is 5.41. The van der Waals surface area contributed by atoms with Gasteiger partial charge in [0.15, 0.2) is 0 Å². The highest BCUT2D eigenvalue weighted by molar-refractivity contribution is 6.25. The van der Waals surface area contributed by atoms with Crippen LogP contribution in [0.5, 0.6) is 0 Å². The van der Waals surface area contributed by atoms with Gasteiger partial charge < -0.3 is 15.0 Å². The van der Waals surface area contributed by atoms with Crippen LogP contribution in [0.25, 0.3) is 10.8 Å². The lowest BCUT2D eigenvalue weighted by atomic mass is 9.94. The Bertz CT molecular complexity index is 1210. The van der Waals surface area contributed by atoms with Crippen molar-refractivity contribution in [3.63, 3.8) is 0 Å². The average molecular weight is 472 g/mol. The van der Waals surface area contributed by atoms with Gasteiger partial charge in [-0.05, 0) is 48.6 Å². The number of hydrogen-bond donors (Lipinski definition) is 1. The number of nitrogens with zero attached hydrogens (tertiary/aromatic N) is 2. The third-order valence-electron chi connectivity index (χ3n) is 6.79. The molecule has 0 radical (unpaired) electrons. The molecule has 7 heteroatoms. The van der Waals surface area contributed by atoms with Gasteiger partial charge in [0.25, 0.3) is 11.8 Å². The molecule has 5 rings (SSSR count). The first-order valence-electron chi connectivity index (χ1n) is 12.1. The summed E-state index contributed by atoms with van der Waals surface area (Å²) in [6, 6.07) is 19.1. The van der Waals surface area contributed by atoms with Crippen LogP contribution < -0.4 is 10.2 Å². The number of nitrogens with one attached hydrogen (secondary N) is 1. The molecule has 7 nitrogen and oxygen atoms in total. The molecule has 1 unspecified atom stereocenters. The van der Waals surface area contributed by atoms with Crippen LogP contribution in [-0.4, -0.2) is 55.5 Å². The van der Waals surface area contributed by atoms with Crippen molar-refractivity contribution in [2.75, 3.05) is 37.7 Å². The first kappa shape index (κ1) is 23.1. The molecule has 2 aliphatic rings. The van der Waals surface area contributed by atoms with E-state index in [1.807, 2.05) is 43.3 Å². The second-order valence-electron chi connectivity index (χ2n) is 9.05. The molecular weight excluding hydrogens is 442 g/mol. The van der Waals surface area contributed by atoms with Crippen molar-refractivity contribution in [3.8, 4) is 0 Å². The minimum absolute atomic E-state index is 0.103. The van der Waals surface area contributed by atoms with Gasteiger partial charge >= 0.3 is 0 Å². The highest BCUT2D eigenvalue weighted by Gasteiger charge is 2.32. The molecule has 2 heterocycles. The minimum Gasteiger partial charge on any atom is -0.378 e. The van der Waals surface area contributed by atoms with Crippen LogP contribution in [-0.2, 0) is 9.53 Å². The van der Waals surface area contributed by atoms with Gasteiger partial charge in [0.1, 0.15) is 0 Å². The van der Waals surface area contributed by atoms with E-state index >= 15 is 0 Å². The van der Waals surface area contributed by atoms with Gasteiger partial charge in [0, 0.05) is 48.3 Å². The summed E-state index contributed by atoms with van der Waals surface area (Å²) in [5, 5.41) is 4.62. The van der Waals surface area contributed by atoms with Crippen molar-refractivity contribution >= 4 is 34.2 Å². The number of ether oxygens (including phenoxy) is 1. The van der Waals surface area contributed by atoms with Gasteiger partial charge in [-0.25, -0.2) is 0 Å². The molecule has 0 bridgehead atoms. The number of benzene rings is 3. The van der Waals surface area contributed by atoms with Crippen LogP contribution in [0, 0.1) is 0 Å². The first-order chi connectivity index (χ1) is 17.0. The van der Waals surface area contributed by atoms with E-state index in [9.17, 15) is 14.4 Å². The molecule has 0 aromatic heterocycles. The number of anilines is 1. The van der Waals surface area contributed by atoms with Crippen molar-refractivity contribution in [2.45, 2.75) is 25.8 Å². The Kier molecular flexibility index (Phi) is 6.51. The normalized spacial score (nSPS) is 16.5. The second-order valence-corrected chi connectivity index (χ2v) is 9.05. The third-order valence-corrected chi connectivity index (χ3v) is 6.79. The quantitative estimate of drug-likeness (QED) is 0.529. The largest absolute Gasteiger partial charge is 0.378 e. The molecular formula is C28H29N3O4. The average Bonchev–Trinajstić information content (AvgIpc) is 2.89. The molecule has 1 atom stereocenters. The maximum absolute atomic E-state index is 13.0. The van der Waals surface area contributed by atoms with Crippen molar-refractivity contribution in [3.05, 3.63) is 77.4 Å². The van der Waals surface area contributed by atoms with E-state index in [1.54, 1.807) is 12.1 Å². The third kappa shape index (κ3) is 4.64. The van der Waals surface area contributed by atoms with E-state index in [-0.39, 0.29) is 36.7 Å². The Morgan fingerprint density at radius 1 is 0.943 bits per heavy atom. The maximum Gasteiger partial charge on any atom is 0.261 e. The van der Waals surface area contributed by atoms with Gasteiger partial charge in [0.2, 0.25) is 5.91 Å². The summed E-state index contributed by atoms with van der Waals surface area (Å²) in [5.41, 5.74) is 3.26. The highest BCUT2D eigenvalue weighted by Crippen LogP contribution is 2.30. The number of morpholine rings is 1. The molecule has 0 aliphatic carbocycles. The molecule has 1 N–H and O–H groups in total. The topological polar surface area (TPSA) is 79.0 Å². The molecule has 3 aromatic rings. The Morgan fingerprint density at radius 2 is 1.57 bits per heavy atom. The van der Waals surface area contributed by atoms with Crippen molar-refractivity contribution in [2.24, 2.45) is 0 Å². The molecule has 0 saturated carbocycles. The Labute approximate surface area is 204 Å². The predicted molar refractivity (Wildman–Crippen MR) is 135 cm³/mol. The summed E-state index contributed by atoms with van der Waals surface area (Å²) in [7, 11) is 0. The van der Waals surface area contributed by atoms with E-state index in [1.165, 1.54) is 4.90 Å². The van der Waals surface area contributed by atoms with Gasteiger partial charge in [-0.15, -0.1) is 0 Å². The van der Waals surface area contributed by atoms with E-state index < -0.39 is 0 Å². The number of carbonyl (C=O) groups excluding carboxylic acids is 3. The van der Waals surface area contributed by atoms with Crippen LogP contribution in [0.15, 0.2) is 60.7 Å². The van der Waals surface area contributed by atoms with Crippen molar-refractivity contribution < 1.29 is 19.1 Å². The molecule has 2 aliphatic heterocycles. The fourth-order valence-electron chi connectivity index (χ4n) is 4.87. The van der Waals surface area contributed by atoms with Crippen molar-refractivity contribution in [1.29, 1.82) is 0 Å². The number of hydrogen-bond acceptors (Lipinski definition) is 5. The summed E-state index contributed by atoms with van der Waals surface area (Å²) in [4.78, 5) is 42.1.